The van der Waals surface area contributed by atoms with E-state index in [1.807, 2.05) is 25.1 Å². The van der Waals surface area contributed by atoms with Crippen molar-refractivity contribution in [3.8, 4) is 11.5 Å². The Morgan fingerprint density at radius 1 is 1.27 bits per heavy atom. The molecule has 0 aromatic heterocycles. The molecular formula is C18H20N2O5S. The third kappa shape index (κ3) is 3.97. The van der Waals surface area contributed by atoms with Crippen LogP contribution in [0, 0.1) is 0 Å². The topological polar surface area (TPSA) is 93.7 Å². The maximum Gasteiger partial charge on any atom is 0.262 e. The van der Waals surface area contributed by atoms with Gasteiger partial charge in [-0.15, -0.1) is 0 Å². The molecule has 2 aromatic rings. The number of carbonyl (C=O) groups is 1. The molecule has 7 nitrogen and oxygen atoms in total. The average molecular weight is 376 g/mol. The number of benzene rings is 2. The molecule has 0 unspecified atom stereocenters. The molecule has 138 valence electrons. The molecule has 0 bridgehead atoms. The summed E-state index contributed by atoms with van der Waals surface area (Å²) in [6, 6.07) is 11.2. The molecule has 8 heteroatoms. The van der Waals surface area contributed by atoms with Gasteiger partial charge in [-0.25, -0.2) is 13.1 Å². The van der Waals surface area contributed by atoms with Gasteiger partial charge in [-0.3, -0.25) is 4.79 Å². The molecule has 0 saturated heterocycles. The van der Waals surface area contributed by atoms with Gasteiger partial charge < -0.3 is 14.8 Å². The Kier molecular flexibility index (Phi) is 5.15. The first kappa shape index (κ1) is 18.2. The Morgan fingerprint density at radius 3 is 2.85 bits per heavy atom. The largest absolute Gasteiger partial charge is 0.494 e. The maximum atomic E-state index is 12.7. The van der Waals surface area contributed by atoms with E-state index in [1.54, 1.807) is 13.0 Å². The van der Waals surface area contributed by atoms with Crippen LogP contribution in [-0.4, -0.2) is 27.5 Å². The van der Waals surface area contributed by atoms with Gasteiger partial charge in [0.1, 0.15) is 11.5 Å². The van der Waals surface area contributed by atoms with Crippen molar-refractivity contribution in [1.82, 2.24) is 4.72 Å². The van der Waals surface area contributed by atoms with E-state index in [-0.39, 0.29) is 17.4 Å². The highest BCUT2D eigenvalue weighted by Crippen LogP contribution is 2.30. The highest BCUT2D eigenvalue weighted by Gasteiger charge is 2.23. The Bertz CT molecular complexity index is 927. The second-order valence-electron chi connectivity index (χ2n) is 5.84. The van der Waals surface area contributed by atoms with Gasteiger partial charge in [-0.1, -0.05) is 12.1 Å². The number of anilines is 1. The minimum atomic E-state index is -3.78. The number of sulfonamides is 1. The fourth-order valence-electron chi connectivity index (χ4n) is 2.64. The predicted octanol–water partition coefficient (Wildman–Crippen LogP) is 2.46. The van der Waals surface area contributed by atoms with Crippen LogP contribution < -0.4 is 19.5 Å². The van der Waals surface area contributed by atoms with Crippen molar-refractivity contribution >= 4 is 21.6 Å². The fraction of sp³-hybridized carbons (Fsp3) is 0.278. The first-order chi connectivity index (χ1) is 12.4. The Balaban J connectivity index is 1.81. The van der Waals surface area contributed by atoms with E-state index in [4.69, 9.17) is 9.47 Å². The summed E-state index contributed by atoms with van der Waals surface area (Å²) in [5.41, 5.74) is 1.13. The van der Waals surface area contributed by atoms with Gasteiger partial charge in [0.05, 0.1) is 17.2 Å². The number of rotatable bonds is 6. The van der Waals surface area contributed by atoms with Gasteiger partial charge in [-0.05, 0) is 49.7 Å². The van der Waals surface area contributed by atoms with Gasteiger partial charge in [0.15, 0.2) is 6.61 Å². The fourth-order valence-corrected chi connectivity index (χ4v) is 3.90. The number of nitrogens with one attached hydrogen (secondary N) is 2. The van der Waals surface area contributed by atoms with Crippen LogP contribution in [0.1, 0.15) is 25.5 Å². The van der Waals surface area contributed by atoms with E-state index in [2.05, 4.69) is 10.0 Å². The van der Waals surface area contributed by atoms with E-state index in [0.717, 1.165) is 5.56 Å². The second-order valence-corrected chi connectivity index (χ2v) is 7.56. The normalized spacial score (nSPS) is 14.8. The number of amides is 1. The van der Waals surface area contributed by atoms with E-state index >= 15 is 0 Å². The molecule has 1 amide bonds. The van der Waals surface area contributed by atoms with E-state index in [9.17, 15) is 13.2 Å². The molecule has 0 aliphatic carbocycles. The summed E-state index contributed by atoms with van der Waals surface area (Å²) in [5, 5.41) is 2.61. The van der Waals surface area contributed by atoms with Crippen LogP contribution >= 0.6 is 0 Å². The number of hydrogen-bond acceptors (Lipinski definition) is 5. The lowest BCUT2D eigenvalue weighted by Gasteiger charge is -2.20. The lowest BCUT2D eigenvalue weighted by Crippen LogP contribution is -2.28. The molecule has 0 spiro atoms. The summed E-state index contributed by atoms with van der Waals surface area (Å²) in [6.45, 7) is 4.10. The molecule has 0 fully saturated rings. The molecular weight excluding hydrogens is 356 g/mol. The van der Waals surface area contributed by atoms with Crippen LogP contribution in [0.25, 0.3) is 0 Å². The van der Waals surface area contributed by atoms with Crippen LogP contribution in [0.3, 0.4) is 0 Å². The zero-order valence-electron chi connectivity index (χ0n) is 14.5. The summed E-state index contributed by atoms with van der Waals surface area (Å²) in [7, 11) is -3.78. The second kappa shape index (κ2) is 7.35. The zero-order valence-corrected chi connectivity index (χ0v) is 15.3. The minimum absolute atomic E-state index is 0.0508. The van der Waals surface area contributed by atoms with Crippen LogP contribution in [0.2, 0.25) is 0 Å². The zero-order chi connectivity index (χ0) is 18.7. The Morgan fingerprint density at radius 2 is 2.08 bits per heavy atom. The lowest BCUT2D eigenvalue weighted by molar-refractivity contribution is -0.118. The molecule has 0 radical (unpaired) electrons. The van der Waals surface area contributed by atoms with Gasteiger partial charge in [0.2, 0.25) is 10.0 Å². The van der Waals surface area contributed by atoms with E-state index in [0.29, 0.717) is 23.8 Å². The number of ether oxygens (including phenoxy) is 2. The predicted molar refractivity (Wildman–Crippen MR) is 96.9 cm³/mol. The SMILES string of the molecule is CCOc1cccc([C@@H](C)NS(=O)(=O)c2ccc3c(c2)NC(=O)CO3)c1. The maximum absolute atomic E-state index is 12.7. The molecule has 2 aromatic carbocycles. The molecule has 1 aliphatic rings. The third-order valence-corrected chi connectivity index (χ3v) is 5.43. The Hall–Kier alpha value is -2.58. The van der Waals surface area contributed by atoms with E-state index < -0.39 is 16.1 Å². The summed E-state index contributed by atoms with van der Waals surface area (Å²) >= 11 is 0. The van der Waals surface area contributed by atoms with Gasteiger partial charge in [0, 0.05) is 6.04 Å². The molecule has 1 atom stereocenters. The standard InChI is InChI=1S/C18H20N2O5S/c1-3-24-14-6-4-5-13(9-14)12(2)20-26(22,23)15-7-8-17-16(10-15)19-18(21)11-25-17/h4-10,12,20H,3,11H2,1-2H3,(H,19,21)/t12-/m1/s1. The molecule has 0 saturated carbocycles. The molecule has 1 heterocycles. The van der Waals surface area contributed by atoms with Crippen LogP contribution in [0.5, 0.6) is 11.5 Å². The third-order valence-electron chi connectivity index (χ3n) is 3.90. The summed E-state index contributed by atoms with van der Waals surface area (Å²) in [5.74, 6) is 0.812. The van der Waals surface area contributed by atoms with Crippen molar-refractivity contribution in [2.45, 2.75) is 24.8 Å². The summed E-state index contributed by atoms with van der Waals surface area (Å²) in [4.78, 5) is 11.5. The first-order valence-electron chi connectivity index (χ1n) is 8.21. The van der Waals surface area contributed by atoms with Crippen molar-refractivity contribution in [2.24, 2.45) is 0 Å². The van der Waals surface area contributed by atoms with Gasteiger partial charge in [-0.2, -0.15) is 0 Å². The number of fused-ring (bicyclic) bond motifs is 1. The first-order valence-corrected chi connectivity index (χ1v) is 9.69. The minimum Gasteiger partial charge on any atom is -0.494 e. The van der Waals surface area contributed by atoms with Crippen LogP contribution in [-0.2, 0) is 14.8 Å². The monoisotopic (exact) mass is 376 g/mol. The highest BCUT2D eigenvalue weighted by atomic mass is 32.2. The summed E-state index contributed by atoms with van der Waals surface area (Å²) < 4.78 is 38.7. The van der Waals surface area contributed by atoms with E-state index in [1.165, 1.54) is 18.2 Å². The molecule has 26 heavy (non-hydrogen) atoms. The van der Waals surface area contributed by atoms with Crippen LogP contribution in [0.15, 0.2) is 47.4 Å². The van der Waals surface area contributed by atoms with Crippen molar-refractivity contribution < 1.29 is 22.7 Å². The average Bonchev–Trinajstić information content (AvgIpc) is 2.61. The van der Waals surface area contributed by atoms with Crippen molar-refractivity contribution in [2.75, 3.05) is 18.5 Å². The summed E-state index contributed by atoms with van der Waals surface area (Å²) in [6.07, 6.45) is 0. The van der Waals surface area contributed by atoms with Gasteiger partial charge >= 0.3 is 0 Å². The van der Waals surface area contributed by atoms with Crippen molar-refractivity contribution in [3.63, 3.8) is 0 Å². The molecule has 3 rings (SSSR count). The smallest absolute Gasteiger partial charge is 0.262 e. The highest BCUT2D eigenvalue weighted by molar-refractivity contribution is 7.89. The number of carbonyl (C=O) groups excluding carboxylic acids is 1. The van der Waals surface area contributed by atoms with Gasteiger partial charge in [0.25, 0.3) is 5.91 Å². The van der Waals surface area contributed by atoms with Crippen molar-refractivity contribution in [3.05, 3.63) is 48.0 Å². The Labute approximate surface area is 152 Å². The van der Waals surface area contributed by atoms with Crippen molar-refractivity contribution in [1.29, 1.82) is 0 Å². The quantitative estimate of drug-likeness (QED) is 0.808. The molecule has 2 N–H and O–H groups in total. The van der Waals surface area contributed by atoms with Crippen LogP contribution in [0.4, 0.5) is 5.69 Å². The number of hydrogen-bond donors (Lipinski definition) is 2. The molecule has 1 aliphatic heterocycles. The lowest BCUT2D eigenvalue weighted by atomic mass is 10.1.